The van der Waals surface area contributed by atoms with Crippen molar-refractivity contribution in [3.63, 3.8) is 0 Å². The van der Waals surface area contributed by atoms with Gasteiger partial charge in [-0.1, -0.05) is 20.8 Å². The number of rotatable bonds is 0. The standard InChI is InChI=1S/C10H17NO.C2H6/c1-8-5-6-9-3-2-4-10(12)11(9)7-8;1-2/h8-9H,2-7H2,1H3;1-2H3/t8?,9-;/m1./s1. The molecule has 0 bridgehead atoms. The van der Waals surface area contributed by atoms with E-state index in [0.29, 0.717) is 11.9 Å². The summed E-state index contributed by atoms with van der Waals surface area (Å²) in [6.45, 7) is 7.27. The van der Waals surface area contributed by atoms with Crippen LogP contribution in [0.3, 0.4) is 0 Å². The summed E-state index contributed by atoms with van der Waals surface area (Å²) in [5.74, 6) is 1.13. The highest BCUT2D eigenvalue weighted by molar-refractivity contribution is 5.77. The Hall–Kier alpha value is -0.530. The molecule has 0 aliphatic carbocycles. The second-order valence-electron chi connectivity index (χ2n) is 4.27. The van der Waals surface area contributed by atoms with Crippen LogP contribution in [-0.2, 0) is 4.79 Å². The Balaban J connectivity index is 0.000000461. The van der Waals surface area contributed by atoms with Gasteiger partial charge >= 0.3 is 0 Å². The van der Waals surface area contributed by atoms with E-state index in [2.05, 4.69) is 11.8 Å². The lowest BCUT2D eigenvalue weighted by Crippen LogP contribution is -2.48. The molecule has 0 N–H and O–H groups in total. The zero-order valence-electron chi connectivity index (χ0n) is 9.75. The van der Waals surface area contributed by atoms with Crippen molar-refractivity contribution in [2.24, 2.45) is 5.92 Å². The molecule has 1 unspecified atom stereocenters. The normalized spacial score (nSPS) is 31.6. The molecule has 0 aromatic carbocycles. The van der Waals surface area contributed by atoms with Crippen LogP contribution in [0, 0.1) is 5.92 Å². The topological polar surface area (TPSA) is 20.3 Å². The number of hydrogen-bond donors (Lipinski definition) is 0. The molecular weight excluding hydrogens is 174 g/mol. The van der Waals surface area contributed by atoms with E-state index in [1.807, 2.05) is 13.8 Å². The van der Waals surface area contributed by atoms with Crippen LogP contribution >= 0.6 is 0 Å². The molecule has 2 nitrogen and oxygen atoms in total. The van der Waals surface area contributed by atoms with E-state index >= 15 is 0 Å². The van der Waals surface area contributed by atoms with Gasteiger partial charge in [0.15, 0.2) is 0 Å². The molecule has 2 aliphatic rings. The zero-order chi connectivity index (χ0) is 10.6. The van der Waals surface area contributed by atoms with Crippen LogP contribution in [0.1, 0.15) is 52.9 Å². The average molecular weight is 197 g/mol. The van der Waals surface area contributed by atoms with Crippen molar-refractivity contribution in [3.8, 4) is 0 Å². The molecule has 0 spiro atoms. The first-order valence-corrected chi connectivity index (χ1v) is 6.07. The number of nitrogens with zero attached hydrogens (tertiary/aromatic N) is 1. The van der Waals surface area contributed by atoms with Crippen molar-refractivity contribution in [2.45, 2.75) is 58.9 Å². The first-order chi connectivity index (χ1) is 6.77. The fourth-order valence-corrected chi connectivity index (χ4v) is 2.45. The molecule has 14 heavy (non-hydrogen) atoms. The molecule has 0 aromatic rings. The lowest BCUT2D eigenvalue weighted by atomic mass is 9.88. The van der Waals surface area contributed by atoms with Gasteiger partial charge in [-0.3, -0.25) is 4.79 Å². The van der Waals surface area contributed by atoms with Gasteiger partial charge < -0.3 is 4.90 Å². The van der Waals surface area contributed by atoms with Gasteiger partial charge in [0, 0.05) is 19.0 Å². The van der Waals surface area contributed by atoms with Crippen LogP contribution in [0.15, 0.2) is 0 Å². The predicted molar refractivity (Wildman–Crippen MR) is 59.1 cm³/mol. The molecule has 1 amide bonds. The van der Waals surface area contributed by atoms with Crippen molar-refractivity contribution < 1.29 is 4.79 Å². The summed E-state index contributed by atoms with van der Waals surface area (Å²) in [5.41, 5.74) is 0. The number of carbonyl (C=O) groups is 1. The molecule has 0 radical (unpaired) electrons. The summed E-state index contributed by atoms with van der Waals surface area (Å²) < 4.78 is 0. The molecule has 2 saturated heterocycles. The van der Waals surface area contributed by atoms with E-state index in [4.69, 9.17) is 0 Å². The van der Waals surface area contributed by atoms with Crippen molar-refractivity contribution in [1.82, 2.24) is 4.90 Å². The van der Waals surface area contributed by atoms with E-state index in [-0.39, 0.29) is 0 Å². The van der Waals surface area contributed by atoms with Crippen LogP contribution < -0.4 is 0 Å². The molecule has 2 fully saturated rings. The monoisotopic (exact) mass is 197 g/mol. The van der Waals surface area contributed by atoms with Crippen molar-refractivity contribution >= 4 is 5.91 Å². The number of fused-ring (bicyclic) bond motifs is 1. The van der Waals surface area contributed by atoms with E-state index in [9.17, 15) is 4.79 Å². The molecule has 2 atom stereocenters. The predicted octanol–water partition coefficient (Wildman–Crippen LogP) is 2.82. The van der Waals surface area contributed by atoms with Crippen molar-refractivity contribution in [3.05, 3.63) is 0 Å². The number of hydrogen-bond acceptors (Lipinski definition) is 1. The Morgan fingerprint density at radius 3 is 2.64 bits per heavy atom. The van der Waals surface area contributed by atoms with Gasteiger partial charge in [-0.15, -0.1) is 0 Å². The Bertz CT molecular complexity index is 191. The smallest absolute Gasteiger partial charge is 0.222 e. The maximum absolute atomic E-state index is 11.5. The van der Waals surface area contributed by atoms with E-state index in [0.717, 1.165) is 25.3 Å². The molecule has 2 aliphatic heterocycles. The largest absolute Gasteiger partial charge is 0.339 e. The molecule has 0 saturated carbocycles. The minimum atomic E-state index is 0.401. The van der Waals surface area contributed by atoms with Crippen LogP contribution in [-0.4, -0.2) is 23.4 Å². The third-order valence-corrected chi connectivity index (χ3v) is 3.19. The van der Waals surface area contributed by atoms with Crippen LogP contribution in [0.2, 0.25) is 0 Å². The Morgan fingerprint density at radius 1 is 1.21 bits per heavy atom. The average Bonchev–Trinajstić information content (AvgIpc) is 2.22. The second-order valence-corrected chi connectivity index (χ2v) is 4.27. The highest BCUT2D eigenvalue weighted by Crippen LogP contribution is 2.29. The van der Waals surface area contributed by atoms with E-state index in [1.54, 1.807) is 0 Å². The molecular formula is C12H23NO. The lowest BCUT2D eigenvalue weighted by Gasteiger charge is -2.41. The maximum atomic E-state index is 11.5. The quantitative estimate of drug-likeness (QED) is 0.585. The van der Waals surface area contributed by atoms with Crippen LogP contribution in [0.25, 0.3) is 0 Å². The third kappa shape index (κ3) is 2.49. The van der Waals surface area contributed by atoms with Gasteiger partial charge in [-0.05, 0) is 31.6 Å². The fraction of sp³-hybridized carbons (Fsp3) is 0.917. The molecule has 2 heteroatoms. The van der Waals surface area contributed by atoms with Crippen molar-refractivity contribution in [2.75, 3.05) is 6.54 Å². The first-order valence-electron chi connectivity index (χ1n) is 6.07. The summed E-state index contributed by atoms with van der Waals surface area (Å²) in [6, 6.07) is 0.599. The minimum absolute atomic E-state index is 0.401. The van der Waals surface area contributed by atoms with E-state index < -0.39 is 0 Å². The van der Waals surface area contributed by atoms with E-state index in [1.165, 1.54) is 19.3 Å². The Labute approximate surface area is 87.7 Å². The molecule has 82 valence electrons. The summed E-state index contributed by atoms with van der Waals surface area (Å²) in [7, 11) is 0. The second kappa shape index (κ2) is 5.38. The van der Waals surface area contributed by atoms with Gasteiger partial charge in [-0.25, -0.2) is 0 Å². The van der Waals surface area contributed by atoms with Gasteiger partial charge in [0.25, 0.3) is 0 Å². The number of carbonyl (C=O) groups excluding carboxylic acids is 1. The molecule has 0 aromatic heterocycles. The fourth-order valence-electron chi connectivity index (χ4n) is 2.45. The molecule has 2 rings (SSSR count). The van der Waals surface area contributed by atoms with Crippen molar-refractivity contribution in [1.29, 1.82) is 0 Å². The minimum Gasteiger partial charge on any atom is -0.339 e. The summed E-state index contributed by atoms with van der Waals surface area (Å²) in [4.78, 5) is 13.6. The van der Waals surface area contributed by atoms with Gasteiger partial charge in [0.2, 0.25) is 5.91 Å². The lowest BCUT2D eigenvalue weighted by molar-refractivity contribution is -0.139. The Kier molecular flexibility index (Phi) is 4.43. The number of piperidine rings is 2. The summed E-state index contributed by atoms with van der Waals surface area (Å²) >= 11 is 0. The maximum Gasteiger partial charge on any atom is 0.222 e. The van der Waals surface area contributed by atoms with Gasteiger partial charge in [0.05, 0.1) is 0 Å². The van der Waals surface area contributed by atoms with Gasteiger partial charge in [0.1, 0.15) is 0 Å². The summed E-state index contributed by atoms with van der Waals surface area (Å²) in [6.07, 6.45) is 5.72. The summed E-state index contributed by atoms with van der Waals surface area (Å²) in [5, 5.41) is 0. The van der Waals surface area contributed by atoms with Gasteiger partial charge in [-0.2, -0.15) is 0 Å². The third-order valence-electron chi connectivity index (χ3n) is 3.19. The SMILES string of the molecule is CC.CC1CC[C@H]2CCCC(=O)N2C1. The first kappa shape index (κ1) is 11.5. The zero-order valence-corrected chi connectivity index (χ0v) is 9.75. The van der Waals surface area contributed by atoms with Crippen LogP contribution in [0.5, 0.6) is 0 Å². The highest BCUT2D eigenvalue weighted by Gasteiger charge is 2.32. The number of amides is 1. The Morgan fingerprint density at radius 2 is 1.93 bits per heavy atom. The van der Waals surface area contributed by atoms with Crippen LogP contribution in [0.4, 0.5) is 0 Å². The molecule has 2 heterocycles. The highest BCUT2D eigenvalue weighted by atomic mass is 16.2.